The molecule has 0 aliphatic rings. The van der Waals surface area contributed by atoms with Gasteiger partial charge in [0.05, 0.1) is 0 Å². The van der Waals surface area contributed by atoms with Gasteiger partial charge in [-0.25, -0.2) is 0 Å². The highest BCUT2D eigenvalue weighted by Crippen LogP contribution is 2.12. The number of benzene rings is 1. The Hall–Kier alpha value is -2.49. The Kier molecular flexibility index (Phi) is 4.48. The average molecular weight is 283 g/mol. The van der Waals surface area contributed by atoms with Gasteiger partial charge < -0.3 is 5.32 Å². The van der Waals surface area contributed by atoms with Crippen molar-refractivity contribution in [2.45, 2.75) is 26.8 Å². The second-order valence-corrected chi connectivity index (χ2v) is 5.12. The van der Waals surface area contributed by atoms with Crippen molar-refractivity contribution in [3.63, 3.8) is 0 Å². The number of carbonyl (C=O) groups is 2. The Morgan fingerprint density at radius 3 is 2.43 bits per heavy atom. The minimum Gasteiger partial charge on any atom is -0.320 e. The van der Waals surface area contributed by atoms with Crippen molar-refractivity contribution in [1.29, 1.82) is 0 Å². The van der Waals surface area contributed by atoms with Crippen LogP contribution in [0.3, 0.4) is 0 Å². The standard InChI is InChI=1S/C17H18N2O2/c1-12-7-9-19(10-8-12)13(2)17(21)18-16-6-4-5-15(11-16)14(3)20/h4-11,13H,1-3H3/p+1/t13-/m1/s1. The van der Waals surface area contributed by atoms with Crippen molar-refractivity contribution in [2.75, 3.05) is 5.32 Å². The molecule has 4 heteroatoms. The molecule has 2 rings (SSSR count). The molecule has 0 unspecified atom stereocenters. The van der Waals surface area contributed by atoms with Crippen molar-refractivity contribution in [2.24, 2.45) is 0 Å². The fraction of sp³-hybridized carbons (Fsp3) is 0.235. The van der Waals surface area contributed by atoms with Crippen molar-refractivity contribution < 1.29 is 14.2 Å². The zero-order valence-electron chi connectivity index (χ0n) is 12.5. The summed E-state index contributed by atoms with van der Waals surface area (Å²) in [7, 11) is 0. The lowest BCUT2D eigenvalue weighted by atomic mass is 10.1. The first kappa shape index (κ1) is 14.9. The SMILES string of the molecule is CC(=O)c1cccc(NC(=O)[C@@H](C)[n+]2ccc(C)cc2)c1. The van der Waals surface area contributed by atoms with Gasteiger partial charge in [-0.2, -0.15) is 4.57 Å². The molecule has 1 atom stereocenters. The monoisotopic (exact) mass is 283 g/mol. The molecular weight excluding hydrogens is 264 g/mol. The molecule has 0 spiro atoms. The number of anilines is 1. The van der Waals surface area contributed by atoms with Crippen molar-refractivity contribution in [3.05, 3.63) is 59.9 Å². The quantitative estimate of drug-likeness (QED) is 0.693. The molecule has 0 radical (unpaired) electrons. The maximum absolute atomic E-state index is 12.3. The number of carbonyl (C=O) groups excluding carboxylic acids is 2. The van der Waals surface area contributed by atoms with Gasteiger partial charge in [-0.1, -0.05) is 12.1 Å². The van der Waals surface area contributed by atoms with Gasteiger partial charge in [-0.3, -0.25) is 9.59 Å². The minimum atomic E-state index is -0.327. The third-order valence-electron chi connectivity index (χ3n) is 3.38. The van der Waals surface area contributed by atoms with E-state index in [1.807, 2.05) is 42.9 Å². The Labute approximate surface area is 124 Å². The summed E-state index contributed by atoms with van der Waals surface area (Å²) >= 11 is 0. The van der Waals surface area contributed by atoms with Gasteiger partial charge in [-0.15, -0.1) is 0 Å². The number of hydrogen-bond acceptors (Lipinski definition) is 2. The molecule has 0 aliphatic heterocycles. The molecule has 2 aromatic rings. The third kappa shape index (κ3) is 3.75. The fourth-order valence-electron chi connectivity index (χ4n) is 1.97. The molecule has 4 nitrogen and oxygen atoms in total. The number of ketones is 1. The van der Waals surface area contributed by atoms with E-state index in [0.29, 0.717) is 11.3 Å². The Morgan fingerprint density at radius 1 is 1.14 bits per heavy atom. The summed E-state index contributed by atoms with van der Waals surface area (Å²) in [6, 6.07) is 10.5. The van der Waals surface area contributed by atoms with Crippen LogP contribution in [0.2, 0.25) is 0 Å². The molecule has 0 saturated carbocycles. The number of hydrogen-bond donors (Lipinski definition) is 1. The van der Waals surface area contributed by atoms with E-state index in [-0.39, 0.29) is 17.7 Å². The fourth-order valence-corrected chi connectivity index (χ4v) is 1.97. The van der Waals surface area contributed by atoms with Crippen LogP contribution >= 0.6 is 0 Å². The molecule has 1 aromatic carbocycles. The smallest absolute Gasteiger partial charge is 0.293 e. The van der Waals surface area contributed by atoms with E-state index in [1.165, 1.54) is 6.92 Å². The zero-order valence-corrected chi connectivity index (χ0v) is 12.5. The summed E-state index contributed by atoms with van der Waals surface area (Å²) < 4.78 is 1.84. The summed E-state index contributed by atoms with van der Waals surface area (Å²) in [6.07, 6.45) is 3.76. The first-order chi connectivity index (χ1) is 9.97. The van der Waals surface area contributed by atoms with E-state index in [0.717, 1.165) is 5.56 Å². The van der Waals surface area contributed by atoms with Crippen LogP contribution in [0.4, 0.5) is 5.69 Å². The molecule has 1 aromatic heterocycles. The highest BCUT2D eigenvalue weighted by molar-refractivity contribution is 5.97. The number of aryl methyl sites for hydroxylation is 1. The van der Waals surface area contributed by atoms with Gasteiger partial charge in [0, 0.05) is 30.3 Å². The lowest BCUT2D eigenvalue weighted by molar-refractivity contribution is -0.705. The van der Waals surface area contributed by atoms with Crippen LogP contribution in [0.1, 0.15) is 35.8 Å². The third-order valence-corrected chi connectivity index (χ3v) is 3.38. The predicted octanol–water partition coefficient (Wildman–Crippen LogP) is 2.68. The summed E-state index contributed by atoms with van der Waals surface area (Å²) in [5.41, 5.74) is 2.36. The van der Waals surface area contributed by atoms with Gasteiger partial charge in [-0.05, 0) is 31.5 Å². The number of pyridine rings is 1. The first-order valence-electron chi connectivity index (χ1n) is 6.86. The van der Waals surface area contributed by atoms with E-state index in [2.05, 4.69) is 5.32 Å². The number of Topliss-reactive ketones (excluding diaryl/α,β-unsaturated/α-hetero) is 1. The summed E-state index contributed by atoms with van der Waals surface area (Å²) in [6.45, 7) is 5.34. The number of aromatic nitrogens is 1. The Balaban J connectivity index is 2.12. The van der Waals surface area contributed by atoms with Crippen LogP contribution in [0, 0.1) is 6.92 Å². The Bertz CT molecular complexity index is 663. The van der Waals surface area contributed by atoms with E-state index < -0.39 is 0 Å². The highest BCUT2D eigenvalue weighted by atomic mass is 16.2. The van der Waals surface area contributed by atoms with Crippen LogP contribution in [0.5, 0.6) is 0 Å². The molecule has 0 aliphatic carbocycles. The predicted molar refractivity (Wildman–Crippen MR) is 81.2 cm³/mol. The van der Waals surface area contributed by atoms with E-state index in [1.54, 1.807) is 24.3 Å². The minimum absolute atomic E-state index is 0.0212. The van der Waals surface area contributed by atoms with Crippen LogP contribution in [-0.2, 0) is 4.79 Å². The normalized spacial score (nSPS) is 11.8. The number of nitrogens with one attached hydrogen (secondary N) is 1. The number of nitrogens with zero attached hydrogens (tertiary/aromatic N) is 1. The molecule has 1 N–H and O–H groups in total. The second kappa shape index (κ2) is 6.31. The van der Waals surface area contributed by atoms with Gasteiger partial charge in [0.25, 0.3) is 5.91 Å². The maximum atomic E-state index is 12.3. The molecule has 0 fully saturated rings. The number of rotatable bonds is 4. The van der Waals surface area contributed by atoms with Gasteiger partial charge in [0.1, 0.15) is 0 Å². The maximum Gasteiger partial charge on any atom is 0.293 e. The zero-order chi connectivity index (χ0) is 15.4. The molecule has 0 bridgehead atoms. The molecule has 1 amide bonds. The number of amides is 1. The average Bonchev–Trinajstić information content (AvgIpc) is 2.47. The van der Waals surface area contributed by atoms with Gasteiger partial charge in [0.2, 0.25) is 6.04 Å². The largest absolute Gasteiger partial charge is 0.320 e. The highest BCUT2D eigenvalue weighted by Gasteiger charge is 2.21. The molecular formula is C17H19N2O2+. The first-order valence-corrected chi connectivity index (χ1v) is 6.86. The second-order valence-electron chi connectivity index (χ2n) is 5.12. The van der Waals surface area contributed by atoms with Gasteiger partial charge in [0.15, 0.2) is 18.2 Å². The van der Waals surface area contributed by atoms with Gasteiger partial charge >= 0.3 is 0 Å². The lowest BCUT2D eigenvalue weighted by Gasteiger charge is -2.09. The summed E-state index contributed by atoms with van der Waals surface area (Å²) in [5, 5.41) is 2.84. The van der Waals surface area contributed by atoms with Crippen LogP contribution < -0.4 is 9.88 Å². The van der Waals surface area contributed by atoms with Crippen molar-refractivity contribution in [3.8, 4) is 0 Å². The van der Waals surface area contributed by atoms with Crippen molar-refractivity contribution in [1.82, 2.24) is 0 Å². The van der Waals surface area contributed by atoms with E-state index >= 15 is 0 Å². The topological polar surface area (TPSA) is 50.1 Å². The van der Waals surface area contributed by atoms with E-state index in [4.69, 9.17) is 0 Å². The van der Waals surface area contributed by atoms with Crippen LogP contribution in [-0.4, -0.2) is 11.7 Å². The molecule has 0 saturated heterocycles. The van der Waals surface area contributed by atoms with Crippen molar-refractivity contribution >= 4 is 17.4 Å². The van der Waals surface area contributed by atoms with E-state index in [9.17, 15) is 9.59 Å². The summed E-state index contributed by atoms with van der Waals surface area (Å²) in [5.74, 6) is -0.142. The lowest BCUT2D eigenvalue weighted by Crippen LogP contribution is -2.43. The molecule has 21 heavy (non-hydrogen) atoms. The van der Waals surface area contributed by atoms with Crippen LogP contribution in [0.25, 0.3) is 0 Å². The molecule has 1 heterocycles. The molecule has 108 valence electrons. The van der Waals surface area contributed by atoms with Crippen LogP contribution in [0.15, 0.2) is 48.8 Å². The summed E-state index contributed by atoms with van der Waals surface area (Å²) in [4.78, 5) is 23.6. The Morgan fingerprint density at radius 2 is 1.81 bits per heavy atom.